The Labute approximate surface area is 175 Å². The summed E-state index contributed by atoms with van der Waals surface area (Å²) in [5.41, 5.74) is 0. The average molecular weight is 417 g/mol. The number of ether oxygens (including phenoxy) is 2. The lowest BCUT2D eigenvalue weighted by Gasteiger charge is -2.42. The normalized spacial score (nSPS) is 21.2. The summed E-state index contributed by atoms with van der Waals surface area (Å²) >= 11 is 0. The van der Waals surface area contributed by atoms with Gasteiger partial charge >= 0.3 is 0 Å². The van der Waals surface area contributed by atoms with E-state index in [0.717, 1.165) is 44.1 Å². The summed E-state index contributed by atoms with van der Waals surface area (Å²) in [6.07, 6.45) is 1.66. The topological polar surface area (TPSA) is 72.7 Å². The van der Waals surface area contributed by atoms with Gasteiger partial charge in [0.15, 0.2) is 0 Å². The molecule has 0 aliphatic carbocycles. The summed E-state index contributed by atoms with van der Waals surface area (Å²) in [5.74, 6) is 2.21. The fraction of sp³-hybridized carbons (Fsp3) is 0.571. The molecule has 9 heteroatoms. The molecule has 1 aromatic heterocycles. The molecular weight excluding hydrogens is 389 g/mol. The van der Waals surface area contributed by atoms with E-state index >= 15 is 0 Å². The van der Waals surface area contributed by atoms with Crippen LogP contribution in [0.1, 0.15) is 24.5 Å². The smallest absolute Gasteiger partial charge is 0.248 e. The summed E-state index contributed by atoms with van der Waals surface area (Å²) in [7, 11) is 1.98. The third kappa shape index (κ3) is 4.79. The number of hydrogen-bond donors (Lipinski definition) is 0. The van der Waals surface area contributed by atoms with Gasteiger partial charge in [-0.1, -0.05) is 0 Å². The highest BCUT2D eigenvalue weighted by Crippen LogP contribution is 2.22. The Morgan fingerprint density at radius 3 is 2.60 bits per heavy atom. The first kappa shape index (κ1) is 20.7. The highest BCUT2D eigenvalue weighted by atomic mass is 19.1. The summed E-state index contributed by atoms with van der Waals surface area (Å²) in [4.78, 5) is 16.8. The molecule has 2 aromatic rings. The molecule has 8 nitrogen and oxygen atoms in total. The van der Waals surface area contributed by atoms with E-state index in [1.165, 1.54) is 12.1 Å². The minimum atomic E-state index is -0.298. The fourth-order valence-electron chi connectivity index (χ4n) is 4.00. The minimum absolute atomic E-state index is 0.0374. The van der Waals surface area contributed by atoms with Crippen LogP contribution in [-0.2, 0) is 23.1 Å². The molecule has 1 atom stereocenters. The quantitative estimate of drug-likeness (QED) is 0.710. The van der Waals surface area contributed by atoms with Crippen molar-refractivity contribution in [2.24, 2.45) is 7.05 Å². The number of morpholine rings is 1. The van der Waals surface area contributed by atoms with Crippen LogP contribution < -0.4 is 4.74 Å². The summed E-state index contributed by atoms with van der Waals surface area (Å²) < 4.78 is 26.4. The molecule has 1 amide bonds. The Morgan fingerprint density at radius 1 is 1.20 bits per heavy atom. The van der Waals surface area contributed by atoms with Gasteiger partial charge in [-0.15, -0.1) is 10.2 Å². The lowest BCUT2D eigenvalue weighted by molar-refractivity contribution is -0.155. The number of rotatable bonds is 6. The van der Waals surface area contributed by atoms with E-state index in [0.29, 0.717) is 18.9 Å². The maximum Gasteiger partial charge on any atom is 0.248 e. The van der Waals surface area contributed by atoms with Crippen LogP contribution in [0, 0.1) is 12.7 Å². The molecule has 162 valence electrons. The molecule has 2 fully saturated rings. The number of hydrogen-bond acceptors (Lipinski definition) is 6. The summed E-state index contributed by atoms with van der Waals surface area (Å²) in [5, 5.41) is 8.37. The highest BCUT2D eigenvalue weighted by Gasteiger charge is 2.34. The van der Waals surface area contributed by atoms with E-state index in [4.69, 9.17) is 9.47 Å². The predicted molar refractivity (Wildman–Crippen MR) is 107 cm³/mol. The number of benzene rings is 1. The van der Waals surface area contributed by atoms with Gasteiger partial charge in [0.1, 0.15) is 42.5 Å². The van der Waals surface area contributed by atoms with Gasteiger partial charge < -0.3 is 18.9 Å². The molecule has 1 unspecified atom stereocenters. The van der Waals surface area contributed by atoms with Gasteiger partial charge in [0, 0.05) is 26.2 Å². The number of carbonyl (C=O) groups is 1. The van der Waals surface area contributed by atoms with Gasteiger partial charge in [0.25, 0.3) is 0 Å². The zero-order chi connectivity index (χ0) is 21.1. The zero-order valence-electron chi connectivity index (χ0n) is 17.5. The second kappa shape index (κ2) is 9.09. The second-order valence-corrected chi connectivity index (χ2v) is 7.97. The van der Waals surface area contributed by atoms with Gasteiger partial charge in [-0.3, -0.25) is 9.69 Å². The van der Waals surface area contributed by atoms with Crippen molar-refractivity contribution < 1.29 is 18.7 Å². The molecule has 3 heterocycles. The monoisotopic (exact) mass is 417 g/mol. The van der Waals surface area contributed by atoms with Crippen molar-refractivity contribution in [1.82, 2.24) is 24.6 Å². The van der Waals surface area contributed by atoms with Crippen molar-refractivity contribution in [3.8, 4) is 5.75 Å². The lowest BCUT2D eigenvalue weighted by atomic mass is 10.0. The maximum absolute atomic E-state index is 13.0. The van der Waals surface area contributed by atoms with Gasteiger partial charge in [-0.2, -0.15) is 0 Å². The van der Waals surface area contributed by atoms with Crippen LogP contribution in [-0.4, -0.2) is 75.5 Å². The summed E-state index contributed by atoms with van der Waals surface area (Å²) in [6.45, 7) is 5.48. The van der Waals surface area contributed by atoms with Crippen molar-refractivity contribution in [1.29, 1.82) is 0 Å². The van der Waals surface area contributed by atoms with E-state index < -0.39 is 0 Å². The molecular formula is C21H28FN5O3. The average Bonchev–Trinajstić information content (AvgIpc) is 3.07. The second-order valence-electron chi connectivity index (χ2n) is 7.97. The number of halogens is 1. The van der Waals surface area contributed by atoms with Crippen LogP contribution in [0.15, 0.2) is 24.3 Å². The van der Waals surface area contributed by atoms with Gasteiger partial charge in [0.2, 0.25) is 5.91 Å². The van der Waals surface area contributed by atoms with Gasteiger partial charge in [-0.05, 0) is 44.0 Å². The van der Waals surface area contributed by atoms with Crippen molar-refractivity contribution in [2.45, 2.75) is 38.5 Å². The lowest BCUT2D eigenvalue weighted by Crippen LogP contribution is -2.55. The molecule has 0 N–H and O–H groups in total. The Bertz CT molecular complexity index is 864. The molecule has 0 saturated carbocycles. The molecule has 0 bridgehead atoms. The first-order chi connectivity index (χ1) is 14.5. The molecule has 0 spiro atoms. The largest absolute Gasteiger partial charge is 0.491 e. The van der Waals surface area contributed by atoms with Gasteiger partial charge in [0.05, 0.1) is 13.1 Å². The third-order valence-electron chi connectivity index (χ3n) is 5.96. The molecule has 2 aliphatic rings. The van der Waals surface area contributed by atoms with Crippen LogP contribution >= 0.6 is 0 Å². The summed E-state index contributed by atoms with van der Waals surface area (Å²) in [6, 6.07) is 6.13. The number of piperidine rings is 1. The molecule has 1 aromatic carbocycles. The number of likely N-dealkylation sites (tertiary alicyclic amines) is 1. The third-order valence-corrected chi connectivity index (χ3v) is 5.96. The Morgan fingerprint density at radius 2 is 1.93 bits per heavy atom. The van der Waals surface area contributed by atoms with E-state index in [-0.39, 0.29) is 30.5 Å². The van der Waals surface area contributed by atoms with Crippen LogP contribution in [0.2, 0.25) is 0 Å². The number of aryl methyl sites for hydroxylation is 1. The van der Waals surface area contributed by atoms with E-state index in [2.05, 4.69) is 15.1 Å². The zero-order valence-corrected chi connectivity index (χ0v) is 17.5. The van der Waals surface area contributed by atoms with Crippen molar-refractivity contribution in [2.75, 3.05) is 32.8 Å². The SMILES string of the molecule is Cc1nnc(CN2CCC(N3CC(COc4ccc(F)cc4)OCC3=O)CC2)n1C. The maximum atomic E-state index is 13.0. The standard InChI is InChI=1S/C21H28FN5O3/c1-15-23-24-20(25(15)2)12-26-9-7-17(8-10-26)27-11-19(30-14-21(27)28)13-29-18-5-3-16(22)4-6-18/h3-6,17,19H,7-14H2,1-2H3. The first-order valence-electron chi connectivity index (χ1n) is 10.4. The molecule has 2 aliphatic heterocycles. The number of amides is 1. The Kier molecular flexibility index (Phi) is 6.29. The minimum Gasteiger partial charge on any atom is -0.491 e. The predicted octanol–water partition coefficient (Wildman–Crippen LogP) is 1.53. The van der Waals surface area contributed by atoms with Gasteiger partial charge in [-0.25, -0.2) is 4.39 Å². The van der Waals surface area contributed by atoms with Crippen molar-refractivity contribution in [3.63, 3.8) is 0 Å². The van der Waals surface area contributed by atoms with Crippen molar-refractivity contribution >= 4 is 5.91 Å². The Balaban J connectivity index is 1.27. The highest BCUT2D eigenvalue weighted by molar-refractivity contribution is 5.78. The number of aromatic nitrogens is 3. The molecule has 0 radical (unpaired) electrons. The molecule has 2 saturated heterocycles. The van der Waals surface area contributed by atoms with E-state index in [1.807, 2.05) is 23.4 Å². The van der Waals surface area contributed by atoms with Crippen molar-refractivity contribution in [3.05, 3.63) is 41.7 Å². The van der Waals surface area contributed by atoms with Crippen LogP contribution in [0.4, 0.5) is 4.39 Å². The van der Waals surface area contributed by atoms with Crippen LogP contribution in [0.25, 0.3) is 0 Å². The van der Waals surface area contributed by atoms with Crippen LogP contribution in [0.5, 0.6) is 5.75 Å². The fourth-order valence-corrected chi connectivity index (χ4v) is 4.00. The first-order valence-corrected chi connectivity index (χ1v) is 10.4. The number of nitrogens with zero attached hydrogens (tertiary/aromatic N) is 5. The van der Waals surface area contributed by atoms with E-state index in [1.54, 1.807) is 12.1 Å². The Hall–Kier alpha value is -2.52. The van der Waals surface area contributed by atoms with E-state index in [9.17, 15) is 9.18 Å². The molecule has 30 heavy (non-hydrogen) atoms. The number of carbonyl (C=O) groups excluding carboxylic acids is 1. The molecule has 4 rings (SSSR count). The van der Waals surface area contributed by atoms with Crippen LogP contribution in [0.3, 0.4) is 0 Å².